The summed E-state index contributed by atoms with van der Waals surface area (Å²) >= 11 is 0. The van der Waals surface area contributed by atoms with Crippen molar-refractivity contribution in [1.82, 2.24) is 10.9 Å². The number of allylic oxidation sites excluding steroid dienone is 4. The van der Waals surface area contributed by atoms with Crippen LogP contribution in [-0.4, -0.2) is 5.28 Å². The number of benzene rings is 1. The molecule has 1 aromatic rings. The molecule has 1 aliphatic rings. The van der Waals surface area contributed by atoms with Gasteiger partial charge in [-0.2, -0.15) is 0 Å². The average Bonchev–Trinajstić information content (AvgIpc) is 2.77. The molecule has 0 amide bonds. The lowest BCUT2D eigenvalue weighted by molar-refractivity contribution is -0.408. The van der Waals surface area contributed by atoms with E-state index in [1.165, 1.54) is 0 Å². The Balaban J connectivity index is 1.88. The van der Waals surface area contributed by atoms with Crippen LogP contribution < -0.4 is 28.0 Å². The highest BCUT2D eigenvalue weighted by molar-refractivity contribution is 5.59. The number of nitrogens with two attached hydrogens (primary N) is 3. The molecule has 1 aliphatic carbocycles. The molecule has 0 saturated carbocycles. The second kappa shape index (κ2) is 8.87. The van der Waals surface area contributed by atoms with Gasteiger partial charge in [-0.3, -0.25) is 0 Å². The minimum absolute atomic E-state index is 0.461. The maximum atomic E-state index is 5.07. The molecule has 0 heterocycles. The molecule has 0 radical (unpaired) electrons. The van der Waals surface area contributed by atoms with Crippen molar-refractivity contribution in [2.45, 2.75) is 6.42 Å². The summed E-state index contributed by atoms with van der Waals surface area (Å²) in [5, 5.41) is 4.94. The molecule has 23 heavy (non-hydrogen) atoms. The van der Waals surface area contributed by atoms with Gasteiger partial charge in [0.05, 0.1) is 0 Å². The second-order valence-corrected chi connectivity index (χ2v) is 4.21. The van der Waals surface area contributed by atoms with Crippen LogP contribution in [-0.2, 0) is 14.9 Å². The molecule has 0 spiro atoms. The molecule has 0 saturated heterocycles. The Morgan fingerprint density at radius 3 is 2.52 bits per heavy atom. The number of hydrogen-bond donors (Lipinski definition) is 4. The van der Waals surface area contributed by atoms with Crippen LogP contribution in [0.15, 0.2) is 60.0 Å². The van der Waals surface area contributed by atoms with Gasteiger partial charge in [0.1, 0.15) is 0 Å². The Bertz CT molecular complexity index is 585. The summed E-state index contributed by atoms with van der Waals surface area (Å²) in [6, 6.07) is 6.91. The van der Waals surface area contributed by atoms with Crippen LogP contribution in [0, 0.1) is 0 Å². The molecule has 1 aromatic carbocycles. The summed E-state index contributed by atoms with van der Waals surface area (Å²) in [5.74, 6) is 16.0. The number of hydrazine groups is 3. The van der Waals surface area contributed by atoms with Gasteiger partial charge in [-0.05, 0) is 36.0 Å². The van der Waals surface area contributed by atoms with Gasteiger partial charge in [-0.15, -0.1) is 11.4 Å². The Hall–Kier alpha value is -2.44. The van der Waals surface area contributed by atoms with Gasteiger partial charge in [-0.1, -0.05) is 39.9 Å². The third-order valence-corrected chi connectivity index (χ3v) is 2.56. The standard InChI is InChI=1S/C13H17N6O4/c14-18-22-20-13-8-5-11(6-9-13)17-10-2-1-3-12(7-4-10)21-23-19(15)16/h2-9,18H,1,14-16H2/q-1. The van der Waals surface area contributed by atoms with Crippen molar-refractivity contribution in [3.05, 3.63) is 65.3 Å². The Morgan fingerprint density at radius 1 is 1.04 bits per heavy atom. The van der Waals surface area contributed by atoms with E-state index in [9.17, 15) is 0 Å². The highest BCUT2D eigenvalue weighted by Crippen LogP contribution is 2.28. The third kappa shape index (κ3) is 6.06. The van der Waals surface area contributed by atoms with Crippen molar-refractivity contribution in [2.75, 3.05) is 0 Å². The summed E-state index contributed by atoms with van der Waals surface area (Å²) in [5.41, 5.74) is 3.41. The maximum Gasteiger partial charge on any atom is 0.167 e. The summed E-state index contributed by atoms with van der Waals surface area (Å²) in [6.45, 7) is 0. The molecule has 7 N–H and O–H groups in total. The zero-order valence-electron chi connectivity index (χ0n) is 12.1. The average molecular weight is 321 g/mol. The van der Waals surface area contributed by atoms with Gasteiger partial charge in [0.15, 0.2) is 11.5 Å². The molecule has 0 unspecified atom stereocenters. The van der Waals surface area contributed by atoms with E-state index in [0.717, 1.165) is 11.4 Å². The van der Waals surface area contributed by atoms with E-state index in [1.54, 1.807) is 42.5 Å². The van der Waals surface area contributed by atoms with Crippen molar-refractivity contribution < 1.29 is 19.8 Å². The molecule has 10 heteroatoms. The lowest BCUT2D eigenvalue weighted by Crippen LogP contribution is -2.37. The van der Waals surface area contributed by atoms with Crippen LogP contribution in [0.3, 0.4) is 0 Å². The van der Waals surface area contributed by atoms with Crippen LogP contribution >= 0.6 is 0 Å². The fraction of sp³-hybridized carbons (Fsp3) is 0.0769. The van der Waals surface area contributed by atoms with Gasteiger partial charge in [-0.25, -0.2) is 17.5 Å². The molecule has 0 aromatic heterocycles. The summed E-state index contributed by atoms with van der Waals surface area (Å²) in [7, 11) is 0. The normalized spacial score (nSPS) is 14.1. The lowest BCUT2D eigenvalue weighted by atomic mass is 10.2. The summed E-state index contributed by atoms with van der Waals surface area (Å²) in [4.78, 5) is 18.6. The predicted molar refractivity (Wildman–Crippen MR) is 80.8 cm³/mol. The number of nitrogens with one attached hydrogen (secondary N) is 1. The third-order valence-electron chi connectivity index (χ3n) is 2.56. The quantitative estimate of drug-likeness (QED) is 0.313. The van der Waals surface area contributed by atoms with Crippen LogP contribution in [0.25, 0.3) is 5.32 Å². The summed E-state index contributed by atoms with van der Waals surface area (Å²) < 4.78 is 0. The molecule has 124 valence electrons. The van der Waals surface area contributed by atoms with Crippen LogP contribution in [0.2, 0.25) is 0 Å². The molecular formula is C13H17N6O4-. The van der Waals surface area contributed by atoms with Crippen molar-refractivity contribution >= 4 is 5.69 Å². The van der Waals surface area contributed by atoms with E-state index in [4.69, 9.17) is 27.3 Å². The van der Waals surface area contributed by atoms with Gasteiger partial charge in [0, 0.05) is 0 Å². The Kier molecular flexibility index (Phi) is 6.53. The smallest absolute Gasteiger partial charge is 0.167 e. The first-order valence-corrected chi connectivity index (χ1v) is 6.51. The Labute approximate surface area is 132 Å². The minimum Gasteiger partial charge on any atom is -0.658 e. The van der Waals surface area contributed by atoms with Crippen LogP contribution in [0.1, 0.15) is 6.42 Å². The molecule has 2 rings (SSSR count). The highest BCUT2D eigenvalue weighted by atomic mass is 17.3. The van der Waals surface area contributed by atoms with Crippen molar-refractivity contribution in [1.29, 1.82) is 0 Å². The van der Waals surface area contributed by atoms with Gasteiger partial charge < -0.3 is 15.1 Å². The van der Waals surface area contributed by atoms with Crippen LogP contribution in [0.5, 0.6) is 5.75 Å². The van der Waals surface area contributed by atoms with Crippen molar-refractivity contribution in [2.24, 2.45) is 17.5 Å². The minimum atomic E-state index is 0.461. The monoisotopic (exact) mass is 321 g/mol. The predicted octanol–water partition coefficient (Wildman–Crippen LogP) is 1.02. The van der Waals surface area contributed by atoms with E-state index < -0.39 is 0 Å². The fourth-order valence-electron chi connectivity index (χ4n) is 1.63. The topological polar surface area (TPSA) is 144 Å². The van der Waals surface area contributed by atoms with Crippen LogP contribution in [0.4, 0.5) is 5.69 Å². The molecule has 0 aliphatic heterocycles. The van der Waals surface area contributed by atoms with Crippen molar-refractivity contribution in [3.63, 3.8) is 0 Å². The largest absolute Gasteiger partial charge is 0.658 e. The Morgan fingerprint density at radius 2 is 1.83 bits per heavy atom. The molecule has 10 nitrogen and oxygen atoms in total. The first-order chi connectivity index (χ1) is 11.2. The maximum absolute atomic E-state index is 5.07. The SMILES string of the molecule is NNOOc1ccc([N-]C2=CCC=C(OON(N)N)C=C2)cc1. The van der Waals surface area contributed by atoms with Crippen molar-refractivity contribution in [3.8, 4) is 5.75 Å². The molecule has 0 fully saturated rings. The second-order valence-electron chi connectivity index (χ2n) is 4.21. The lowest BCUT2D eigenvalue weighted by Gasteiger charge is -2.23. The first kappa shape index (κ1) is 16.9. The zero-order valence-corrected chi connectivity index (χ0v) is 12.1. The fourth-order valence-corrected chi connectivity index (χ4v) is 1.63. The number of hydrogen-bond acceptors (Lipinski definition) is 9. The number of nitrogens with zero attached hydrogens (tertiary/aromatic N) is 2. The molecular weight excluding hydrogens is 304 g/mol. The number of rotatable bonds is 8. The highest BCUT2D eigenvalue weighted by Gasteiger charge is 1.99. The molecule has 0 bridgehead atoms. The van der Waals surface area contributed by atoms with Gasteiger partial charge in [0.25, 0.3) is 0 Å². The van der Waals surface area contributed by atoms with E-state index in [-0.39, 0.29) is 0 Å². The van der Waals surface area contributed by atoms with E-state index in [0.29, 0.717) is 23.2 Å². The van der Waals surface area contributed by atoms with Gasteiger partial charge in [0.2, 0.25) is 0 Å². The first-order valence-electron chi connectivity index (χ1n) is 6.51. The molecule has 0 atom stereocenters. The zero-order chi connectivity index (χ0) is 16.5. The van der Waals surface area contributed by atoms with E-state index in [2.05, 4.69) is 15.3 Å². The van der Waals surface area contributed by atoms with E-state index >= 15 is 0 Å². The van der Waals surface area contributed by atoms with E-state index in [1.807, 2.05) is 11.7 Å². The van der Waals surface area contributed by atoms with Gasteiger partial charge >= 0.3 is 0 Å². The summed E-state index contributed by atoms with van der Waals surface area (Å²) in [6.07, 6.45) is 7.77.